The van der Waals surface area contributed by atoms with Gasteiger partial charge in [-0.15, -0.1) is 0 Å². The summed E-state index contributed by atoms with van der Waals surface area (Å²) in [5.74, 6) is -0.382. The molecule has 0 aromatic carbocycles. The van der Waals surface area contributed by atoms with Gasteiger partial charge in [-0.25, -0.2) is 0 Å². The number of amides is 1. The molecule has 1 aliphatic rings. The second-order valence-electron chi connectivity index (χ2n) is 3.10. The zero-order valence-electron chi connectivity index (χ0n) is 6.88. The van der Waals surface area contributed by atoms with Crippen LogP contribution in [0.1, 0.15) is 26.2 Å². The first-order chi connectivity index (χ1) is 5.22. The molecule has 3 nitrogen and oxygen atoms in total. The Morgan fingerprint density at radius 1 is 1.64 bits per heavy atom. The van der Waals surface area contributed by atoms with Gasteiger partial charge in [0.05, 0.1) is 12.0 Å². The number of carbonyl (C=O) groups excluding carboxylic acids is 1. The SMILES string of the molecule is CC(C(N)=O)C1CCCCO1. The quantitative estimate of drug-likeness (QED) is 0.640. The van der Waals surface area contributed by atoms with E-state index in [0.717, 1.165) is 25.9 Å². The lowest BCUT2D eigenvalue weighted by molar-refractivity contribution is -0.127. The average Bonchev–Trinajstić information content (AvgIpc) is 2.05. The average molecular weight is 157 g/mol. The van der Waals surface area contributed by atoms with Gasteiger partial charge in [0.15, 0.2) is 0 Å². The Labute approximate surface area is 66.9 Å². The highest BCUT2D eigenvalue weighted by atomic mass is 16.5. The maximum atomic E-state index is 10.7. The van der Waals surface area contributed by atoms with E-state index in [9.17, 15) is 4.79 Å². The highest BCUT2D eigenvalue weighted by Gasteiger charge is 2.24. The lowest BCUT2D eigenvalue weighted by Gasteiger charge is -2.25. The Balaban J connectivity index is 2.38. The van der Waals surface area contributed by atoms with Gasteiger partial charge in [0.25, 0.3) is 0 Å². The predicted octanol–water partition coefficient (Wildman–Crippen LogP) is 0.677. The molecule has 0 saturated carbocycles. The zero-order valence-corrected chi connectivity index (χ0v) is 6.88. The highest BCUT2D eigenvalue weighted by Crippen LogP contribution is 2.19. The molecule has 0 aromatic heterocycles. The summed E-state index contributed by atoms with van der Waals surface area (Å²) < 4.78 is 5.40. The first-order valence-electron chi connectivity index (χ1n) is 4.12. The van der Waals surface area contributed by atoms with E-state index in [1.807, 2.05) is 6.92 Å². The fraction of sp³-hybridized carbons (Fsp3) is 0.875. The van der Waals surface area contributed by atoms with Gasteiger partial charge in [-0.2, -0.15) is 0 Å². The van der Waals surface area contributed by atoms with Crippen LogP contribution in [0.25, 0.3) is 0 Å². The summed E-state index contributed by atoms with van der Waals surface area (Å²) in [6, 6.07) is 0. The van der Waals surface area contributed by atoms with E-state index < -0.39 is 0 Å². The summed E-state index contributed by atoms with van der Waals surface area (Å²) in [5, 5.41) is 0. The van der Waals surface area contributed by atoms with E-state index in [2.05, 4.69) is 0 Å². The summed E-state index contributed by atoms with van der Waals surface area (Å²) >= 11 is 0. The molecule has 0 aromatic rings. The van der Waals surface area contributed by atoms with Crippen molar-refractivity contribution in [1.29, 1.82) is 0 Å². The van der Waals surface area contributed by atoms with Gasteiger partial charge in [0, 0.05) is 6.61 Å². The monoisotopic (exact) mass is 157 g/mol. The third-order valence-corrected chi connectivity index (χ3v) is 2.22. The maximum Gasteiger partial charge on any atom is 0.222 e. The summed E-state index contributed by atoms with van der Waals surface area (Å²) in [5.41, 5.74) is 5.15. The molecule has 0 aliphatic carbocycles. The van der Waals surface area contributed by atoms with Crippen LogP contribution >= 0.6 is 0 Å². The van der Waals surface area contributed by atoms with Crippen LogP contribution in [0.4, 0.5) is 0 Å². The molecule has 0 spiro atoms. The van der Waals surface area contributed by atoms with E-state index >= 15 is 0 Å². The molecule has 2 N–H and O–H groups in total. The standard InChI is InChI=1S/C8H15NO2/c1-6(8(9)10)7-4-2-3-5-11-7/h6-7H,2-5H2,1H3,(H2,9,10). The molecule has 0 radical (unpaired) electrons. The summed E-state index contributed by atoms with van der Waals surface area (Å²) in [6.07, 6.45) is 3.32. The molecule has 0 bridgehead atoms. The molecule has 1 saturated heterocycles. The van der Waals surface area contributed by atoms with Crippen LogP contribution in [-0.4, -0.2) is 18.6 Å². The van der Waals surface area contributed by atoms with E-state index in [0.29, 0.717) is 0 Å². The molecular formula is C8H15NO2. The molecule has 64 valence electrons. The van der Waals surface area contributed by atoms with Crippen molar-refractivity contribution in [1.82, 2.24) is 0 Å². The van der Waals surface area contributed by atoms with Crippen LogP contribution in [-0.2, 0) is 9.53 Å². The lowest BCUT2D eigenvalue weighted by Crippen LogP contribution is -2.35. The van der Waals surface area contributed by atoms with Crippen molar-refractivity contribution >= 4 is 5.91 Å². The van der Waals surface area contributed by atoms with Gasteiger partial charge in [-0.3, -0.25) is 4.79 Å². The van der Waals surface area contributed by atoms with E-state index in [1.165, 1.54) is 0 Å². The van der Waals surface area contributed by atoms with Gasteiger partial charge in [0.1, 0.15) is 0 Å². The Kier molecular flexibility index (Phi) is 2.88. The number of hydrogen-bond donors (Lipinski definition) is 1. The molecule has 1 aliphatic heterocycles. The van der Waals surface area contributed by atoms with E-state index in [1.54, 1.807) is 0 Å². The number of hydrogen-bond acceptors (Lipinski definition) is 2. The summed E-state index contributed by atoms with van der Waals surface area (Å²) in [6.45, 7) is 2.61. The number of nitrogens with two attached hydrogens (primary N) is 1. The molecule has 1 amide bonds. The number of primary amides is 1. The zero-order chi connectivity index (χ0) is 8.27. The Bertz CT molecular complexity index is 141. The fourth-order valence-corrected chi connectivity index (χ4v) is 1.34. The minimum absolute atomic E-state index is 0.0706. The normalized spacial score (nSPS) is 27.9. The smallest absolute Gasteiger partial charge is 0.222 e. The molecule has 1 rings (SSSR count). The van der Waals surface area contributed by atoms with Gasteiger partial charge in [0.2, 0.25) is 5.91 Å². The van der Waals surface area contributed by atoms with Crippen molar-refractivity contribution in [3.8, 4) is 0 Å². The minimum Gasteiger partial charge on any atom is -0.377 e. The van der Waals surface area contributed by atoms with Crippen LogP contribution in [0.3, 0.4) is 0 Å². The van der Waals surface area contributed by atoms with Gasteiger partial charge < -0.3 is 10.5 Å². The van der Waals surface area contributed by atoms with Crippen molar-refractivity contribution in [2.24, 2.45) is 11.7 Å². The largest absolute Gasteiger partial charge is 0.377 e. The summed E-state index contributed by atoms with van der Waals surface area (Å²) in [4.78, 5) is 10.7. The second kappa shape index (κ2) is 3.72. The topological polar surface area (TPSA) is 52.3 Å². The molecular weight excluding hydrogens is 142 g/mol. The van der Waals surface area contributed by atoms with Crippen LogP contribution in [0.2, 0.25) is 0 Å². The fourth-order valence-electron chi connectivity index (χ4n) is 1.34. The molecule has 1 heterocycles. The molecule has 2 atom stereocenters. The lowest BCUT2D eigenvalue weighted by atomic mass is 9.97. The third kappa shape index (κ3) is 2.19. The van der Waals surface area contributed by atoms with Crippen molar-refractivity contribution < 1.29 is 9.53 Å². The Hall–Kier alpha value is -0.570. The molecule has 3 heteroatoms. The Morgan fingerprint density at radius 3 is 2.82 bits per heavy atom. The van der Waals surface area contributed by atoms with Gasteiger partial charge >= 0.3 is 0 Å². The highest BCUT2D eigenvalue weighted by molar-refractivity contribution is 5.76. The Morgan fingerprint density at radius 2 is 2.36 bits per heavy atom. The molecule has 1 fully saturated rings. The molecule has 11 heavy (non-hydrogen) atoms. The maximum absolute atomic E-state index is 10.7. The van der Waals surface area contributed by atoms with Gasteiger partial charge in [-0.1, -0.05) is 6.92 Å². The third-order valence-electron chi connectivity index (χ3n) is 2.22. The predicted molar refractivity (Wildman–Crippen MR) is 41.9 cm³/mol. The van der Waals surface area contributed by atoms with E-state index in [-0.39, 0.29) is 17.9 Å². The van der Waals surface area contributed by atoms with Crippen molar-refractivity contribution in [2.45, 2.75) is 32.3 Å². The van der Waals surface area contributed by atoms with Crippen LogP contribution in [0.5, 0.6) is 0 Å². The van der Waals surface area contributed by atoms with Crippen molar-refractivity contribution in [3.05, 3.63) is 0 Å². The second-order valence-corrected chi connectivity index (χ2v) is 3.10. The van der Waals surface area contributed by atoms with Gasteiger partial charge in [-0.05, 0) is 19.3 Å². The minimum atomic E-state index is -0.253. The number of rotatable bonds is 2. The van der Waals surface area contributed by atoms with Crippen LogP contribution in [0.15, 0.2) is 0 Å². The first kappa shape index (κ1) is 8.53. The first-order valence-corrected chi connectivity index (χ1v) is 4.12. The molecule has 2 unspecified atom stereocenters. The van der Waals surface area contributed by atoms with Crippen molar-refractivity contribution in [3.63, 3.8) is 0 Å². The van der Waals surface area contributed by atoms with Crippen LogP contribution in [0, 0.1) is 5.92 Å². The number of ether oxygens (including phenoxy) is 1. The van der Waals surface area contributed by atoms with Crippen LogP contribution < -0.4 is 5.73 Å². The van der Waals surface area contributed by atoms with E-state index in [4.69, 9.17) is 10.5 Å². The summed E-state index contributed by atoms with van der Waals surface area (Å²) in [7, 11) is 0. The number of carbonyl (C=O) groups is 1. The van der Waals surface area contributed by atoms with Crippen molar-refractivity contribution in [2.75, 3.05) is 6.61 Å².